The SMILES string of the molecule is C=S(N)(=O)c1ccc2c(c1)-c1cnc(N)c(n1)OC(C)c1cc(F)ccc1C(=O)N(C)C2. The fraction of sp³-hybridized carbons (Fsp3) is 0.182. The summed E-state index contributed by atoms with van der Waals surface area (Å²) in [7, 11) is -1.35. The zero-order valence-corrected chi connectivity index (χ0v) is 18.4. The van der Waals surface area contributed by atoms with Crippen LogP contribution in [0.5, 0.6) is 5.88 Å². The fourth-order valence-electron chi connectivity index (χ4n) is 3.57. The van der Waals surface area contributed by atoms with Crippen LogP contribution in [0.3, 0.4) is 0 Å². The Bertz CT molecular complexity index is 1340. The van der Waals surface area contributed by atoms with Gasteiger partial charge in [0.1, 0.15) is 11.9 Å². The number of nitrogen functional groups attached to an aromatic ring is 1. The predicted molar refractivity (Wildman–Crippen MR) is 121 cm³/mol. The molecule has 32 heavy (non-hydrogen) atoms. The van der Waals surface area contributed by atoms with Gasteiger partial charge in [0.25, 0.3) is 11.8 Å². The van der Waals surface area contributed by atoms with Gasteiger partial charge >= 0.3 is 0 Å². The number of aromatic nitrogens is 2. The van der Waals surface area contributed by atoms with Crippen molar-refractivity contribution in [3.63, 3.8) is 0 Å². The highest BCUT2D eigenvalue weighted by Gasteiger charge is 2.25. The fourth-order valence-corrected chi connectivity index (χ4v) is 4.19. The van der Waals surface area contributed by atoms with E-state index in [9.17, 15) is 13.4 Å². The molecule has 0 saturated carbocycles. The maximum atomic E-state index is 14.0. The maximum absolute atomic E-state index is 14.0. The molecule has 2 aromatic carbocycles. The molecule has 10 heteroatoms. The number of carbonyl (C=O) groups excluding carboxylic acids is 1. The summed E-state index contributed by atoms with van der Waals surface area (Å²) < 4.78 is 32.3. The van der Waals surface area contributed by atoms with Gasteiger partial charge < -0.3 is 15.4 Å². The summed E-state index contributed by atoms with van der Waals surface area (Å²) in [6.07, 6.45) is 0.718. The molecule has 0 spiro atoms. The summed E-state index contributed by atoms with van der Waals surface area (Å²) >= 11 is 0. The zero-order valence-electron chi connectivity index (χ0n) is 17.5. The maximum Gasteiger partial charge on any atom is 0.258 e. The van der Waals surface area contributed by atoms with E-state index in [2.05, 4.69) is 15.8 Å². The van der Waals surface area contributed by atoms with Crippen LogP contribution in [0.15, 0.2) is 47.5 Å². The minimum atomic E-state index is -2.99. The molecule has 166 valence electrons. The first-order chi connectivity index (χ1) is 15.0. The molecule has 2 atom stereocenters. The van der Waals surface area contributed by atoms with Gasteiger partial charge in [-0.3, -0.25) is 9.93 Å². The lowest BCUT2D eigenvalue weighted by molar-refractivity contribution is 0.0779. The first-order valence-electron chi connectivity index (χ1n) is 9.67. The molecule has 1 amide bonds. The minimum absolute atomic E-state index is 0.0334. The monoisotopic (exact) mass is 455 g/mol. The highest BCUT2D eigenvalue weighted by molar-refractivity contribution is 7.98. The van der Waals surface area contributed by atoms with Crippen LogP contribution in [0.4, 0.5) is 10.2 Å². The molecule has 1 aliphatic rings. The highest BCUT2D eigenvalue weighted by atomic mass is 32.2. The number of nitrogens with zero attached hydrogens (tertiary/aromatic N) is 3. The summed E-state index contributed by atoms with van der Waals surface area (Å²) in [6.45, 7) is 1.87. The van der Waals surface area contributed by atoms with Gasteiger partial charge in [0.15, 0.2) is 5.82 Å². The van der Waals surface area contributed by atoms with Crippen molar-refractivity contribution in [3.05, 3.63) is 65.1 Å². The lowest BCUT2D eigenvalue weighted by atomic mass is 10.00. The van der Waals surface area contributed by atoms with Crippen molar-refractivity contribution >= 4 is 27.3 Å². The van der Waals surface area contributed by atoms with E-state index in [-0.39, 0.29) is 24.1 Å². The number of fused-ring (bicyclic) bond motifs is 5. The average Bonchev–Trinajstić information content (AvgIpc) is 2.73. The molecule has 8 nitrogen and oxygen atoms in total. The number of anilines is 1. The molecule has 4 rings (SSSR count). The van der Waals surface area contributed by atoms with Crippen LogP contribution in [-0.4, -0.2) is 37.9 Å². The van der Waals surface area contributed by atoms with Crippen LogP contribution in [-0.2, 0) is 16.3 Å². The summed E-state index contributed by atoms with van der Waals surface area (Å²) in [4.78, 5) is 23.7. The second kappa shape index (κ2) is 7.88. The molecule has 0 aliphatic carbocycles. The van der Waals surface area contributed by atoms with Gasteiger partial charge in [-0.05, 0) is 48.7 Å². The number of hydrogen-bond donors (Lipinski definition) is 2. The van der Waals surface area contributed by atoms with Crippen molar-refractivity contribution < 1.29 is 18.1 Å². The van der Waals surface area contributed by atoms with E-state index in [1.54, 1.807) is 32.2 Å². The van der Waals surface area contributed by atoms with Crippen molar-refractivity contribution in [2.75, 3.05) is 12.8 Å². The number of carbonyl (C=O) groups is 1. The molecule has 2 heterocycles. The van der Waals surface area contributed by atoms with Crippen molar-refractivity contribution in [3.8, 4) is 17.1 Å². The number of nitrogens with two attached hydrogens (primary N) is 2. The summed E-state index contributed by atoms with van der Waals surface area (Å²) in [5, 5.41) is 5.74. The van der Waals surface area contributed by atoms with E-state index in [1.807, 2.05) is 0 Å². The lowest BCUT2D eigenvalue weighted by Crippen LogP contribution is -2.28. The van der Waals surface area contributed by atoms with Crippen LogP contribution < -0.4 is 15.6 Å². The van der Waals surface area contributed by atoms with Crippen molar-refractivity contribution in [2.24, 2.45) is 5.14 Å². The molecule has 1 aliphatic heterocycles. The number of amides is 1. The molecular weight excluding hydrogens is 433 g/mol. The number of halogens is 1. The number of ether oxygens (including phenoxy) is 1. The Labute approximate surface area is 185 Å². The van der Waals surface area contributed by atoms with Crippen LogP contribution in [0, 0.1) is 5.82 Å². The number of hydrogen-bond acceptors (Lipinski definition) is 6. The lowest BCUT2D eigenvalue weighted by Gasteiger charge is -2.24. The first-order valence-corrected chi connectivity index (χ1v) is 11.5. The molecule has 3 aromatic rings. The Morgan fingerprint density at radius 1 is 1.25 bits per heavy atom. The van der Waals surface area contributed by atoms with Crippen LogP contribution in [0.2, 0.25) is 0 Å². The Balaban J connectivity index is 1.96. The zero-order chi connectivity index (χ0) is 23.2. The molecule has 4 N–H and O–H groups in total. The quantitative estimate of drug-likeness (QED) is 0.544. The molecule has 0 saturated heterocycles. The topological polar surface area (TPSA) is 124 Å². The summed E-state index contributed by atoms with van der Waals surface area (Å²) in [5.41, 5.74) is 8.29. The van der Waals surface area contributed by atoms with E-state index in [0.717, 1.165) is 0 Å². The van der Waals surface area contributed by atoms with Gasteiger partial charge in [-0.2, -0.15) is 0 Å². The van der Waals surface area contributed by atoms with Gasteiger partial charge in [0, 0.05) is 35.2 Å². The van der Waals surface area contributed by atoms with Gasteiger partial charge in [-0.25, -0.2) is 18.6 Å². The molecule has 0 fully saturated rings. The standard InChI is InChI=1S/C22H22FN5O3S/c1-12-17-8-14(23)5-7-16(17)22(29)28(2)11-13-4-6-15(32(3,25)30)9-18(13)19-10-26-20(24)21(27-19)31-12/h4-10,12H,3,11H2,1-2H3,(H2,24,26)(H2,25,30). The highest BCUT2D eigenvalue weighted by Crippen LogP contribution is 2.33. The smallest absolute Gasteiger partial charge is 0.258 e. The first kappa shape index (κ1) is 21.7. The second-order valence-corrected chi connectivity index (χ2v) is 9.57. The van der Waals surface area contributed by atoms with Gasteiger partial charge in [-0.1, -0.05) is 6.07 Å². The summed E-state index contributed by atoms with van der Waals surface area (Å²) in [5.74, 6) is 2.80. The van der Waals surface area contributed by atoms with Crippen LogP contribution >= 0.6 is 0 Å². The van der Waals surface area contributed by atoms with Crippen molar-refractivity contribution in [1.82, 2.24) is 14.9 Å². The largest absolute Gasteiger partial charge is 0.467 e. The number of benzene rings is 2. The molecule has 0 radical (unpaired) electrons. The average molecular weight is 456 g/mol. The van der Waals surface area contributed by atoms with Gasteiger partial charge in [-0.15, -0.1) is 0 Å². The van der Waals surface area contributed by atoms with Gasteiger partial charge in [0.2, 0.25) is 0 Å². The third-order valence-corrected chi connectivity index (χ3v) is 6.30. The van der Waals surface area contributed by atoms with E-state index in [1.165, 1.54) is 29.3 Å². The van der Waals surface area contributed by atoms with Crippen molar-refractivity contribution in [1.29, 1.82) is 0 Å². The minimum Gasteiger partial charge on any atom is -0.467 e. The van der Waals surface area contributed by atoms with Crippen molar-refractivity contribution in [2.45, 2.75) is 24.5 Å². The third kappa shape index (κ3) is 4.02. The second-order valence-electron chi connectivity index (χ2n) is 7.64. The Hall–Kier alpha value is -3.50. The molecular formula is C22H22FN5O3S. The molecule has 1 aromatic heterocycles. The van der Waals surface area contributed by atoms with Gasteiger partial charge in [0.05, 0.1) is 21.6 Å². The Morgan fingerprint density at radius 3 is 2.72 bits per heavy atom. The van der Waals surface area contributed by atoms with E-state index in [4.69, 9.17) is 15.6 Å². The Morgan fingerprint density at radius 2 is 2.00 bits per heavy atom. The Kier molecular flexibility index (Phi) is 5.35. The molecule has 2 bridgehead atoms. The van der Waals surface area contributed by atoms with Crippen LogP contribution in [0.25, 0.3) is 11.3 Å². The molecule has 2 unspecified atom stereocenters. The predicted octanol–water partition coefficient (Wildman–Crippen LogP) is 2.54. The van der Waals surface area contributed by atoms with Crippen LogP contribution in [0.1, 0.15) is 34.5 Å². The van der Waals surface area contributed by atoms with E-state index < -0.39 is 21.6 Å². The normalized spacial score (nSPS) is 17.8. The summed E-state index contributed by atoms with van der Waals surface area (Å²) in [6, 6.07) is 8.85. The number of rotatable bonds is 1. The van der Waals surface area contributed by atoms with E-state index >= 15 is 0 Å². The third-order valence-electron chi connectivity index (χ3n) is 5.25. The van der Waals surface area contributed by atoms with E-state index in [0.29, 0.717) is 32.8 Å².